The minimum atomic E-state index is 0.886. The molecule has 0 saturated carbocycles. The van der Waals surface area contributed by atoms with Crippen molar-refractivity contribution in [2.24, 2.45) is 0 Å². The van der Waals surface area contributed by atoms with Crippen molar-refractivity contribution in [2.45, 2.75) is 0 Å². The summed E-state index contributed by atoms with van der Waals surface area (Å²) in [5.74, 6) is 0. The minimum absolute atomic E-state index is 0.886. The van der Waals surface area contributed by atoms with E-state index >= 15 is 0 Å². The first-order valence-corrected chi connectivity index (χ1v) is 12.9. The number of fused-ring (bicyclic) bond motifs is 2. The lowest BCUT2D eigenvalue weighted by Gasteiger charge is -2.15. The van der Waals surface area contributed by atoms with E-state index in [1.54, 1.807) is 0 Å². The van der Waals surface area contributed by atoms with Crippen molar-refractivity contribution in [2.75, 3.05) is 0 Å². The Morgan fingerprint density at radius 2 is 0.816 bits per heavy atom. The van der Waals surface area contributed by atoms with Gasteiger partial charge in [-0.3, -0.25) is 0 Å². The molecule has 38 heavy (non-hydrogen) atoms. The topological polar surface area (TPSA) is 25.8 Å². The number of aromatic nitrogens is 2. The highest BCUT2D eigenvalue weighted by Crippen LogP contribution is 2.39. The average Bonchev–Trinajstić information content (AvgIpc) is 3.01. The first-order valence-electron chi connectivity index (χ1n) is 12.9. The molecule has 0 spiro atoms. The van der Waals surface area contributed by atoms with Gasteiger partial charge in [0.25, 0.3) is 0 Å². The molecule has 6 aromatic carbocycles. The Hall–Kier alpha value is -5.08. The van der Waals surface area contributed by atoms with Gasteiger partial charge in [0.2, 0.25) is 0 Å². The number of hydrogen-bond acceptors (Lipinski definition) is 2. The summed E-state index contributed by atoms with van der Waals surface area (Å²) < 4.78 is 0. The first kappa shape index (κ1) is 22.1. The summed E-state index contributed by atoms with van der Waals surface area (Å²) in [6.07, 6.45) is 0. The summed E-state index contributed by atoms with van der Waals surface area (Å²) >= 11 is 0. The second-order valence-corrected chi connectivity index (χ2v) is 9.40. The third kappa shape index (κ3) is 3.84. The molecular weight excluding hydrogens is 460 g/mol. The Labute approximate surface area is 221 Å². The molecule has 1 aromatic heterocycles. The molecular formula is C36H24N2. The number of rotatable bonds is 4. The highest BCUT2D eigenvalue weighted by molar-refractivity contribution is 6.08. The van der Waals surface area contributed by atoms with E-state index in [-0.39, 0.29) is 0 Å². The number of para-hydroxylation sites is 1. The summed E-state index contributed by atoms with van der Waals surface area (Å²) in [5.41, 5.74) is 10.4. The van der Waals surface area contributed by atoms with E-state index in [0.717, 1.165) is 44.7 Å². The van der Waals surface area contributed by atoms with E-state index in [4.69, 9.17) is 9.97 Å². The number of benzene rings is 6. The third-order valence-electron chi connectivity index (χ3n) is 7.09. The summed E-state index contributed by atoms with van der Waals surface area (Å²) in [4.78, 5) is 10.5. The maximum Gasteiger partial charge on any atom is 0.0973 e. The predicted octanol–water partition coefficient (Wildman–Crippen LogP) is 9.45. The highest BCUT2D eigenvalue weighted by Gasteiger charge is 2.17. The molecule has 0 saturated heterocycles. The molecule has 7 rings (SSSR count). The van der Waals surface area contributed by atoms with Gasteiger partial charge in [-0.05, 0) is 33.5 Å². The summed E-state index contributed by atoms with van der Waals surface area (Å²) in [5, 5.41) is 2.43. The Morgan fingerprint density at radius 3 is 1.45 bits per heavy atom. The Morgan fingerprint density at radius 1 is 0.316 bits per heavy atom. The van der Waals surface area contributed by atoms with E-state index in [1.165, 1.54) is 21.9 Å². The summed E-state index contributed by atoms with van der Waals surface area (Å²) in [6.45, 7) is 0. The number of hydrogen-bond donors (Lipinski definition) is 0. The molecule has 0 N–H and O–H groups in total. The second kappa shape index (κ2) is 9.42. The molecule has 178 valence electrons. The van der Waals surface area contributed by atoms with Crippen molar-refractivity contribution in [3.63, 3.8) is 0 Å². The van der Waals surface area contributed by atoms with Crippen LogP contribution in [-0.2, 0) is 0 Å². The largest absolute Gasteiger partial charge is 0.244 e. The fourth-order valence-corrected chi connectivity index (χ4v) is 5.29. The van der Waals surface area contributed by atoms with E-state index in [0.29, 0.717) is 0 Å². The fraction of sp³-hybridized carbons (Fsp3) is 0. The summed E-state index contributed by atoms with van der Waals surface area (Å²) in [7, 11) is 0. The van der Waals surface area contributed by atoms with Crippen LogP contribution < -0.4 is 0 Å². The van der Waals surface area contributed by atoms with Gasteiger partial charge in [-0.1, -0.05) is 140 Å². The molecule has 0 radical (unpaired) electrons. The van der Waals surface area contributed by atoms with Crippen molar-refractivity contribution in [1.29, 1.82) is 0 Å². The van der Waals surface area contributed by atoms with Crippen LogP contribution in [-0.4, -0.2) is 9.97 Å². The van der Waals surface area contributed by atoms with Gasteiger partial charge >= 0.3 is 0 Å². The highest BCUT2D eigenvalue weighted by atomic mass is 14.8. The zero-order valence-electron chi connectivity index (χ0n) is 20.8. The Bertz CT molecular complexity index is 1890. The van der Waals surface area contributed by atoms with Crippen molar-refractivity contribution in [3.05, 3.63) is 146 Å². The molecule has 2 nitrogen and oxygen atoms in total. The maximum absolute atomic E-state index is 5.32. The van der Waals surface area contributed by atoms with Crippen molar-refractivity contribution >= 4 is 21.8 Å². The van der Waals surface area contributed by atoms with Gasteiger partial charge in [0.1, 0.15) is 0 Å². The predicted molar refractivity (Wildman–Crippen MR) is 159 cm³/mol. The van der Waals surface area contributed by atoms with Gasteiger partial charge in [0.05, 0.1) is 22.4 Å². The molecule has 0 atom stereocenters. The Balaban J connectivity index is 1.50. The molecule has 0 aliphatic rings. The summed E-state index contributed by atoms with van der Waals surface area (Å²) in [6, 6.07) is 50.7. The van der Waals surface area contributed by atoms with Gasteiger partial charge in [0.15, 0.2) is 0 Å². The van der Waals surface area contributed by atoms with E-state index in [2.05, 4.69) is 121 Å². The van der Waals surface area contributed by atoms with Crippen LogP contribution in [0.5, 0.6) is 0 Å². The lowest BCUT2D eigenvalue weighted by Crippen LogP contribution is -1.97. The van der Waals surface area contributed by atoms with Gasteiger partial charge in [-0.15, -0.1) is 0 Å². The zero-order chi connectivity index (χ0) is 25.3. The van der Waals surface area contributed by atoms with Gasteiger partial charge in [-0.2, -0.15) is 0 Å². The monoisotopic (exact) mass is 484 g/mol. The SMILES string of the molecule is c1ccc(-c2nc3cccc(-c4ccc(-c5ccccc5)c5ccccc45)c3nc2-c2ccccc2)cc1. The lowest BCUT2D eigenvalue weighted by atomic mass is 9.91. The van der Waals surface area contributed by atoms with Gasteiger partial charge < -0.3 is 0 Å². The van der Waals surface area contributed by atoms with Crippen LogP contribution in [0.25, 0.3) is 66.6 Å². The lowest BCUT2D eigenvalue weighted by molar-refractivity contribution is 1.29. The van der Waals surface area contributed by atoms with Crippen LogP contribution in [0.3, 0.4) is 0 Å². The zero-order valence-corrected chi connectivity index (χ0v) is 20.8. The molecule has 0 aliphatic heterocycles. The van der Waals surface area contributed by atoms with E-state index < -0.39 is 0 Å². The van der Waals surface area contributed by atoms with Crippen LogP contribution >= 0.6 is 0 Å². The fourth-order valence-electron chi connectivity index (χ4n) is 5.29. The number of nitrogens with zero attached hydrogens (tertiary/aromatic N) is 2. The van der Waals surface area contributed by atoms with E-state index in [9.17, 15) is 0 Å². The van der Waals surface area contributed by atoms with Crippen LogP contribution in [0, 0.1) is 0 Å². The normalized spacial score (nSPS) is 11.2. The van der Waals surface area contributed by atoms with Crippen LogP contribution in [0.15, 0.2) is 146 Å². The molecule has 7 aromatic rings. The van der Waals surface area contributed by atoms with Crippen LogP contribution in [0.1, 0.15) is 0 Å². The Kier molecular flexibility index (Phi) is 5.49. The van der Waals surface area contributed by atoms with E-state index in [1.807, 2.05) is 24.3 Å². The molecule has 0 aliphatic carbocycles. The van der Waals surface area contributed by atoms with Crippen molar-refractivity contribution in [3.8, 4) is 44.8 Å². The molecule has 0 bridgehead atoms. The third-order valence-corrected chi connectivity index (χ3v) is 7.09. The van der Waals surface area contributed by atoms with Gasteiger partial charge in [-0.25, -0.2) is 9.97 Å². The van der Waals surface area contributed by atoms with Gasteiger partial charge in [0, 0.05) is 16.7 Å². The molecule has 0 unspecified atom stereocenters. The molecule has 1 heterocycles. The van der Waals surface area contributed by atoms with Crippen molar-refractivity contribution < 1.29 is 0 Å². The minimum Gasteiger partial charge on any atom is -0.244 e. The first-order chi connectivity index (χ1) is 18.9. The molecule has 2 heteroatoms. The maximum atomic E-state index is 5.32. The van der Waals surface area contributed by atoms with Crippen LogP contribution in [0.2, 0.25) is 0 Å². The van der Waals surface area contributed by atoms with Crippen molar-refractivity contribution in [1.82, 2.24) is 9.97 Å². The smallest absolute Gasteiger partial charge is 0.0973 e. The quantitative estimate of drug-likeness (QED) is 0.249. The second-order valence-electron chi connectivity index (χ2n) is 9.40. The molecule has 0 fully saturated rings. The van der Waals surface area contributed by atoms with Crippen LogP contribution in [0.4, 0.5) is 0 Å². The average molecular weight is 485 g/mol. The standard InChI is InChI=1S/C36H24N2/c1-4-13-25(14-5-1)28-23-24-31(30-20-11-10-19-29(28)30)32-21-12-22-33-36(32)38-35(27-17-8-3-9-18-27)34(37-33)26-15-6-2-7-16-26/h1-24H. The molecule has 0 amide bonds.